The molecule has 0 aliphatic rings. The minimum atomic E-state index is 0.199. The topological polar surface area (TPSA) is 15.6 Å². The van der Waals surface area contributed by atoms with Gasteiger partial charge in [0.2, 0.25) is 0 Å². The van der Waals surface area contributed by atoms with Crippen LogP contribution in [0.3, 0.4) is 0 Å². The van der Waals surface area contributed by atoms with Crippen LogP contribution in [0.25, 0.3) is 0 Å². The van der Waals surface area contributed by atoms with Crippen molar-refractivity contribution < 1.29 is 0 Å². The Balaban J connectivity index is 4.04. The number of halogens is 1. The van der Waals surface area contributed by atoms with E-state index in [0.717, 1.165) is 12.3 Å². The number of aliphatic imine (C=N–C) groups is 1. The third kappa shape index (κ3) is 4.54. The van der Waals surface area contributed by atoms with Gasteiger partial charge in [0.05, 0.1) is 6.34 Å². The summed E-state index contributed by atoms with van der Waals surface area (Å²) in [6.45, 7) is 7.35. The quantitative estimate of drug-likeness (QED) is 0.441. The lowest BCUT2D eigenvalue weighted by atomic mass is 10.1. The Morgan fingerprint density at radius 1 is 1.58 bits per heavy atom. The molecule has 0 saturated carbocycles. The lowest BCUT2D eigenvalue weighted by Crippen LogP contribution is -2.42. The fourth-order valence-corrected chi connectivity index (χ4v) is 3.35. The molecular formula is C8H17IN2S. The Kier molecular flexibility index (Phi) is 6.35. The van der Waals surface area contributed by atoms with Crippen molar-refractivity contribution in [1.82, 2.24) is 4.90 Å². The van der Waals surface area contributed by atoms with Gasteiger partial charge in [-0.25, -0.2) is 0 Å². The Bertz CT molecular complexity index is 148. The maximum absolute atomic E-state index is 4.21. The van der Waals surface area contributed by atoms with E-state index in [0.29, 0.717) is 0 Å². The lowest BCUT2D eigenvalue weighted by molar-refractivity contribution is 0.296. The van der Waals surface area contributed by atoms with Gasteiger partial charge in [-0.2, -0.15) is 0 Å². The summed E-state index contributed by atoms with van der Waals surface area (Å²) >= 11 is 2.33. The fraction of sp³-hybridized carbons (Fsp3) is 0.875. The van der Waals surface area contributed by atoms with E-state index >= 15 is 0 Å². The SMILES string of the molecule is CCN=CN(C)C(C)(C)CSI. The zero-order valence-corrected chi connectivity index (χ0v) is 11.1. The van der Waals surface area contributed by atoms with Crippen LogP contribution in [0, 0.1) is 0 Å². The van der Waals surface area contributed by atoms with E-state index in [1.165, 1.54) is 0 Å². The summed E-state index contributed by atoms with van der Waals surface area (Å²) in [5.74, 6) is 1.11. The van der Waals surface area contributed by atoms with Gasteiger partial charge in [0.25, 0.3) is 0 Å². The Morgan fingerprint density at radius 2 is 2.17 bits per heavy atom. The van der Waals surface area contributed by atoms with Crippen molar-refractivity contribution in [2.24, 2.45) is 4.99 Å². The van der Waals surface area contributed by atoms with Gasteiger partial charge >= 0.3 is 0 Å². The molecule has 0 N–H and O–H groups in total. The van der Waals surface area contributed by atoms with Crippen molar-refractivity contribution in [2.75, 3.05) is 19.3 Å². The molecule has 72 valence electrons. The summed E-state index contributed by atoms with van der Waals surface area (Å²) in [5.41, 5.74) is 0.199. The van der Waals surface area contributed by atoms with E-state index in [2.05, 4.69) is 52.0 Å². The molecule has 0 unspecified atom stereocenters. The summed E-state index contributed by atoms with van der Waals surface area (Å²) in [6, 6.07) is 0. The first-order valence-electron chi connectivity index (χ1n) is 4.01. The first kappa shape index (κ1) is 12.6. The average Bonchev–Trinajstić information content (AvgIpc) is 2.00. The Morgan fingerprint density at radius 3 is 2.58 bits per heavy atom. The monoisotopic (exact) mass is 300 g/mol. The van der Waals surface area contributed by atoms with E-state index < -0.39 is 0 Å². The highest BCUT2D eigenvalue weighted by atomic mass is 127. The molecule has 0 spiro atoms. The summed E-state index contributed by atoms with van der Waals surface area (Å²) < 4.78 is 0. The molecule has 0 heterocycles. The summed E-state index contributed by atoms with van der Waals surface area (Å²) in [4.78, 5) is 6.38. The third-order valence-corrected chi connectivity index (χ3v) is 3.55. The van der Waals surface area contributed by atoms with E-state index in [1.807, 2.05) is 22.2 Å². The van der Waals surface area contributed by atoms with Crippen molar-refractivity contribution in [2.45, 2.75) is 26.3 Å². The molecule has 0 atom stereocenters. The van der Waals surface area contributed by atoms with Crippen LogP contribution in [0.2, 0.25) is 0 Å². The van der Waals surface area contributed by atoms with E-state index in [-0.39, 0.29) is 5.54 Å². The molecule has 0 radical (unpaired) electrons. The van der Waals surface area contributed by atoms with Crippen LogP contribution in [-0.2, 0) is 0 Å². The first-order chi connectivity index (χ1) is 5.54. The van der Waals surface area contributed by atoms with Gasteiger partial charge in [-0.1, -0.05) is 8.93 Å². The molecule has 0 aromatic carbocycles. The van der Waals surface area contributed by atoms with Crippen LogP contribution in [0.1, 0.15) is 20.8 Å². The molecule has 0 rings (SSSR count). The highest BCUT2D eigenvalue weighted by Crippen LogP contribution is 2.22. The zero-order valence-electron chi connectivity index (χ0n) is 8.17. The molecule has 0 aromatic heterocycles. The van der Waals surface area contributed by atoms with Crippen LogP contribution in [0.5, 0.6) is 0 Å². The molecular weight excluding hydrogens is 283 g/mol. The minimum Gasteiger partial charge on any atom is -0.360 e. The Hall–Kier alpha value is 0.550. The fourth-order valence-electron chi connectivity index (χ4n) is 0.596. The summed E-state index contributed by atoms with van der Waals surface area (Å²) in [7, 11) is 3.91. The molecule has 0 aliphatic heterocycles. The van der Waals surface area contributed by atoms with Crippen LogP contribution in [0.15, 0.2) is 4.99 Å². The van der Waals surface area contributed by atoms with Gasteiger partial charge in [0, 0.05) is 24.9 Å². The number of nitrogens with zero attached hydrogens (tertiary/aromatic N) is 2. The van der Waals surface area contributed by atoms with E-state index in [4.69, 9.17) is 0 Å². The molecule has 4 heteroatoms. The van der Waals surface area contributed by atoms with Crippen molar-refractivity contribution in [3.05, 3.63) is 0 Å². The predicted molar refractivity (Wildman–Crippen MR) is 67.4 cm³/mol. The summed E-state index contributed by atoms with van der Waals surface area (Å²) in [5, 5.41) is 0. The smallest absolute Gasteiger partial charge is 0.0851 e. The van der Waals surface area contributed by atoms with Gasteiger partial charge in [-0.3, -0.25) is 4.99 Å². The molecule has 12 heavy (non-hydrogen) atoms. The van der Waals surface area contributed by atoms with Crippen molar-refractivity contribution in [3.63, 3.8) is 0 Å². The molecule has 0 aromatic rings. The molecule has 0 bridgehead atoms. The average molecular weight is 300 g/mol. The van der Waals surface area contributed by atoms with Crippen molar-refractivity contribution >= 4 is 36.5 Å². The number of rotatable bonds is 5. The standard InChI is InChI=1S/C8H17IN2S/c1-5-10-7-11(4)8(2,3)6-12-9/h7H,5-6H2,1-4H3. The van der Waals surface area contributed by atoms with Gasteiger partial charge in [-0.05, 0) is 42.0 Å². The second kappa shape index (κ2) is 6.07. The third-order valence-electron chi connectivity index (χ3n) is 1.80. The lowest BCUT2D eigenvalue weighted by Gasteiger charge is -2.33. The van der Waals surface area contributed by atoms with Gasteiger partial charge in [0.1, 0.15) is 0 Å². The largest absolute Gasteiger partial charge is 0.360 e. The minimum absolute atomic E-state index is 0.199. The van der Waals surface area contributed by atoms with Crippen LogP contribution >= 0.6 is 30.1 Å². The molecule has 0 amide bonds. The van der Waals surface area contributed by atoms with Gasteiger partial charge in [0.15, 0.2) is 0 Å². The van der Waals surface area contributed by atoms with Crippen molar-refractivity contribution in [1.29, 1.82) is 0 Å². The van der Waals surface area contributed by atoms with E-state index in [1.54, 1.807) is 0 Å². The normalized spacial score (nSPS) is 12.4. The number of hydrogen-bond acceptors (Lipinski definition) is 2. The molecule has 0 saturated heterocycles. The highest BCUT2D eigenvalue weighted by Gasteiger charge is 2.20. The van der Waals surface area contributed by atoms with Crippen LogP contribution in [0.4, 0.5) is 0 Å². The maximum Gasteiger partial charge on any atom is 0.0851 e. The second-order valence-electron chi connectivity index (χ2n) is 3.29. The Labute approximate surface area is 91.8 Å². The molecule has 0 fully saturated rings. The van der Waals surface area contributed by atoms with Crippen molar-refractivity contribution in [3.8, 4) is 0 Å². The second-order valence-corrected chi connectivity index (χ2v) is 5.67. The maximum atomic E-state index is 4.21. The first-order valence-corrected chi connectivity index (χ1v) is 7.54. The van der Waals surface area contributed by atoms with Crippen LogP contribution < -0.4 is 0 Å². The molecule has 0 aliphatic carbocycles. The van der Waals surface area contributed by atoms with Gasteiger partial charge < -0.3 is 4.90 Å². The van der Waals surface area contributed by atoms with Gasteiger partial charge in [-0.15, -0.1) is 0 Å². The zero-order chi connectivity index (χ0) is 9.61. The molecule has 2 nitrogen and oxygen atoms in total. The number of hydrogen-bond donors (Lipinski definition) is 0. The highest BCUT2D eigenvalue weighted by molar-refractivity contribution is 14.2. The predicted octanol–water partition coefficient (Wildman–Crippen LogP) is 2.83. The summed E-state index contributed by atoms with van der Waals surface area (Å²) in [6.07, 6.45) is 1.92. The van der Waals surface area contributed by atoms with Crippen LogP contribution in [-0.4, -0.2) is 36.1 Å². The van der Waals surface area contributed by atoms with E-state index in [9.17, 15) is 0 Å².